The van der Waals surface area contributed by atoms with E-state index in [4.69, 9.17) is 4.52 Å². The Hall–Kier alpha value is -1.41. The highest BCUT2D eigenvalue weighted by molar-refractivity contribution is 7.88. The quantitative estimate of drug-likeness (QED) is 0.687. The SMILES string of the molecule is CCCN(CC(=O)OC)S(=O)(=O)Cc1cc(C)on1. The Bertz CT molecular complexity index is 523. The molecule has 1 aromatic heterocycles. The van der Waals surface area contributed by atoms with E-state index in [-0.39, 0.29) is 18.8 Å². The number of aromatic nitrogens is 1. The molecule has 108 valence electrons. The summed E-state index contributed by atoms with van der Waals surface area (Å²) in [5.41, 5.74) is 0.323. The lowest BCUT2D eigenvalue weighted by molar-refractivity contribution is -0.140. The van der Waals surface area contributed by atoms with Crippen LogP contribution in [0.15, 0.2) is 10.6 Å². The first kappa shape index (κ1) is 15.6. The zero-order valence-electron chi connectivity index (χ0n) is 11.2. The van der Waals surface area contributed by atoms with Crippen molar-refractivity contribution in [2.75, 3.05) is 20.2 Å². The van der Waals surface area contributed by atoms with Crippen molar-refractivity contribution in [1.29, 1.82) is 0 Å². The zero-order valence-corrected chi connectivity index (χ0v) is 12.1. The summed E-state index contributed by atoms with van der Waals surface area (Å²) in [4.78, 5) is 11.2. The number of methoxy groups -OCH3 is 1. The zero-order chi connectivity index (χ0) is 14.5. The molecule has 0 fully saturated rings. The van der Waals surface area contributed by atoms with E-state index in [9.17, 15) is 13.2 Å². The van der Waals surface area contributed by atoms with Crippen molar-refractivity contribution < 1.29 is 22.5 Å². The Morgan fingerprint density at radius 3 is 2.68 bits per heavy atom. The van der Waals surface area contributed by atoms with Crippen molar-refractivity contribution in [3.8, 4) is 0 Å². The van der Waals surface area contributed by atoms with Crippen LogP contribution in [0.5, 0.6) is 0 Å². The molecule has 0 aromatic carbocycles. The van der Waals surface area contributed by atoms with Gasteiger partial charge in [0.2, 0.25) is 10.0 Å². The van der Waals surface area contributed by atoms with Gasteiger partial charge in [-0.2, -0.15) is 4.31 Å². The smallest absolute Gasteiger partial charge is 0.321 e. The third-order valence-electron chi connectivity index (χ3n) is 2.41. The molecule has 0 spiro atoms. The van der Waals surface area contributed by atoms with E-state index in [1.807, 2.05) is 6.92 Å². The monoisotopic (exact) mass is 290 g/mol. The number of esters is 1. The summed E-state index contributed by atoms with van der Waals surface area (Å²) in [6, 6.07) is 1.56. The summed E-state index contributed by atoms with van der Waals surface area (Å²) in [5.74, 6) is -0.338. The molecule has 0 unspecified atom stereocenters. The number of carbonyl (C=O) groups is 1. The predicted octanol–water partition coefficient (Wildman–Crippen LogP) is 0.698. The predicted molar refractivity (Wildman–Crippen MR) is 67.7 cm³/mol. The minimum atomic E-state index is -3.62. The molecule has 0 saturated heterocycles. The fourth-order valence-corrected chi connectivity index (χ4v) is 2.99. The molecule has 0 aliphatic carbocycles. The van der Waals surface area contributed by atoms with Crippen molar-refractivity contribution in [3.05, 3.63) is 17.5 Å². The number of carbonyl (C=O) groups excluding carboxylic acids is 1. The average molecular weight is 290 g/mol. The molecule has 0 N–H and O–H groups in total. The summed E-state index contributed by atoms with van der Waals surface area (Å²) in [7, 11) is -2.40. The number of nitrogens with zero attached hydrogens (tertiary/aromatic N) is 2. The molecule has 8 heteroatoms. The van der Waals surface area contributed by atoms with E-state index in [1.54, 1.807) is 13.0 Å². The van der Waals surface area contributed by atoms with Crippen molar-refractivity contribution in [2.24, 2.45) is 0 Å². The fraction of sp³-hybridized carbons (Fsp3) is 0.636. The molecule has 0 atom stereocenters. The first-order chi connectivity index (χ1) is 8.89. The van der Waals surface area contributed by atoms with E-state index in [0.29, 0.717) is 17.9 Å². The van der Waals surface area contributed by atoms with Crippen LogP contribution in [0.3, 0.4) is 0 Å². The highest BCUT2D eigenvalue weighted by Crippen LogP contribution is 2.11. The van der Waals surface area contributed by atoms with Crippen molar-refractivity contribution in [1.82, 2.24) is 9.46 Å². The van der Waals surface area contributed by atoms with E-state index in [0.717, 1.165) is 4.31 Å². The number of aryl methyl sites for hydroxylation is 1. The maximum atomic E-state index is 12.2. The fourth-order valence-electron chi connectivity index (χ4n) is 1.54. The van der Waals surface area contributed by atoms with Gasteiger partial charge in [-0.3, -0.25) is 4.79 Å². The topological polar surface area (TPSA) is 89.7 Å². The molecule has 0 saturated carbocycles. The maximum absolute atomic E-state index is 12.2. The molecule has 1 rings (SSSR count). The largest absolute Gasteiger partial charge is 0.468 e. The van der Waals surface area contributed by atoms with E-state index in [2.05, 4.69) is 9.89 Å². The van der Waals surface area contributed by atoms with Crippen molar-refractivity contribution in [2.45, 2.75) is 26.0 Å². The maximum Gasteiger partial charge on any atom is 0.321 e. The summed E-state index contributed by atoms with van der Waals surface area (Å²) in [6.45, 7) is 3.49. The summed E-state index contributed by atoms with van der Waals surface area (Å²) in [5, 5.41) is 3.65. The van der Waals surface area contributed by atoms with Crippen LogP contribution in [-0.4, -0.2) is 44.0 Å². The Kier molecular flexibility index (Phi) is 5.49. The number of hydrogen-bond acceptors (Lipinski definition) is 6. The van der Waals surface area contributed by atoms with Crippen molar-refractivity contribution in [3.63, 3.8) is 0 Å². The second-order valence-corrected chi connectivity index (χ2v) is 6.06. The minimum absolute atomic E-state index is 0.258. The summed E-state index contributed by atoms with van der Waals surface area (Å²) >= 11 is 0. The molecule has 7 nitrogen and oxygen atoms in total. The van der Waals surface area contributed by atoms with Crippen LogP contribution in [0.4, 0.5) is 0 Å². The average Bonchev–Trinajstić information content (AvgIpc) is 2.73. The van der Waals surface area contributed by atoms with Crippen LogP contribution in [0.1, 0.15) is 24.8 Å². The van der Waals surface area contributed by atoms with Crippen LogP contribution in [-0.2, 0) is 25.3 Å². The first-order valence-electron chi connectivity index (χ1n) is 5.86. The van der Waals surface area contributed by atoms with E-state index >= 15 is 0 Å². The molecular formula is C11H18N2O5S. The third kappa shape index (κ3) is 4.64. The van der Waals surface area contributed by atoms with Crippen LogP contribution in [0.25, 0.3) is 0 Å². The highest BCUT2D eigenvalue weighted by Gasteiger charge is 2.25. The standard InChI is InChI=1S/C11H18N2O5S/c1-4-5-13(7-11(14)17-3)19(15,16)8-10-6-9(2)18-12-10/h6H,4-5,7-8H2,1-3H3. The van der Waals surface area contributed by atoms with Gasteiger partial charge >= 0.3 is 5.97 Å². The highest BCUT2D eigenvalue weighted by atomic mass is 32.2. The van der Waals surface area contributed by atoms with Gasteiger partial charge in [-0.1, -0.05) is 12.1 Å². The van der Waals surface area contributed by atoms with Gasteiger partial charge in [0.25, 0.3) is 0 Å². The molecule has 1 aromatic rings. The Labute approximate surface area is 112 Å². The number of ether oxygens (including phenoxy) is 1. The number of rotatable bonds is 7. The molecule has 0 bridgehead atoms. The molecule has 1 heterocycles. The molecular weight excluding hydrogens is 272 g/mol. The Balaban J connectivity index is 2.83. The van der Waals surface area contributed by atoms with Gasteiger partial charge in [0.1, 0.15) is 23.8 Å². The number of sulfonamides is 1. The van der Waals surface area contributed by atoms with Gasteiger partial charge in [-0.05, 0) is 13.3 Å². The van der Waals surface area contributed by atoms with Crippen LogP contribution in [0, 0.1) is 6.92 Å². The summed E-state index contributed by atoms with van der Waals surface area (Å²) in [6.07, 6.45) is 0.605. The first-order valence-corrected chi connectivity index (χ1v) is 7.46. The molecule has 0 aliphatic heterocycles. The lowest BCUT2D eigenvalue weighted by Crippen LogP contribution is -2.37. The van der Waals surface area contributed by atoms with Gasteiger partial charge in [-0.15, -0.1) is 0 Å². The molecule has 19 heavy (non-hydrogen) atoms. The third-order valence-corrected chi connectivity index (χ3v) is 4.17. The van der Waals surface area contributed by atoms with Gasteiger partial charge in [0.05, 0.1) is 7.11 Å². The van der Waals surface area contributed by atoms with Crippen molar-refractivity contribution >= 4 is 16.0 Å². The van der Waals surface area contributed by atoms with E-state index in [1.165, 1.54) is 7.11 Å². The second kappa shape index (κ2) is 6.67. The second-order valence-electron chi connectivity index (χ2n) is 4.09. The lowest BCUT2D eigenvalue weighted by Gasteiger charge is -2.19. The molecule has 0 radical (unpaired) electrons. The minimum Gasteiger partial charge on any atom is -0.468 e. The molecule has 0 amide bonds. The Morgan fingerprint density at radius 2 is 2.21 bits per heavy atom. The van der Waals surface area contributed by atoms with Crippen LogP contribution < -0.4 is 0 Å². The number of hydrogen-bond donors (Lipinski definition) is 0. The Morgan fingerprint density at radius 1 is 1.53 bits per heavy atom. The molecule has 0 aliphatic rings. The van der Waals surface area contributed by atoms with Gasteiger partial charge < -0.3 is 9.26 Å². The van der Waals surface area contributed by atoms with Crippen LogP contribution in [0.2, 0.25) is 0 Å². The van der Waals surface area contributed by atoms with E-state index < -0.39 is 16.0 Å². The van der Waals surface area contributed by atoms with Gasteiger partial charge in [0, 0.05) is 12.6 Å². The normalized spacial score (nSPS) is 11.8. The van der Waals surface area contributed by atoms with Gasteiger partial charge in [-0.25, -0.2) is 8.42 Å². The summed E-state index contributed by atoms with van der Waals surface area (Å²) < 4.78 is 34.8. The van der Waals surface area contributed by atoms with Gasteiger partial charge in [0.15, 0.2) is 0 Å². The lowest BCUT2D eigenvalue weighted by atomic mass is 10.4. The van der Waals surface area contributed by atoms with Crippen LogP contribution >= 0.6 is 0 Å².